The number of hydrogen-bond donors (Lipinski definition) is 0. The molecule has 1 aliphatic heterocycles. The zero-order valence-electron chi connectivity index (χ0n) is 41.6. The molecule has 0 spiro atoms. The van der Waals surface area contributed by atoms with E-state index >= 15 is 0 Å². The highest BCUT2D eigenvalue weighted by molar-refractivity contribution is 6.04. The van der Waals surface area contributed by atoms with Crippen molar-refractivity contribution in [3.05, 3.63) is 323 Å². The average molecular weight is 965 g/mol. The minimum atomic E-state index is -0.559. The van der Waals surface area contributed by atoms with Crippen molar-refractivity contribution in [3.8, 4) is 61.3 Å². The van der Waals surface area contributed by atoms with Crippen molar-refractivity contribution >= 4 is 39.6 Å². The van der Waals surface area contributed by atoms with E-state index in [4.69, 9.17) is 0 Å². The van der Waals surface area contributed by atoms with Crippen LogP contribution in [0, 0.1) is 5.92 Å². The summed E-state index contributed by atoms with van der Waals surface area (Å²) in [5.41, 5.74) is 26.4. The molecule has 16 rings (SSSR count). The molecule has 0 amide bonds. The van der Waals surface area contributed by atoms with Crippen LogP contribution in [0.3, 0.4) is 0 Å². The van der Waals surface area contributed by atoms with Crippen molar-refractivity contribution in [2.45, 2.75) is 5.41 Å². The van der Waals surface area contributed by atoms with Gasteiger partial charge in [-0.1, -0.05) is 224 Å². The standard InChI is InChI=1S/C74H48N2/c1-5-21-48(22-6-1)56-29-13-14-30-57(56)58-40-37-49-43-65(58)61-32-16-19-35-69(61)75(55-39-41-60-59-31-15-18-34-67(59)74(68(60)47-55,52-23-7-2-8-24-52)53-25-9-3-10-26-53)71-42-38-50(44-63(49)71)72-64-45-51(64)46-66-62-33-17-20-36-70(62)76(73(66)72)54-27-11-4-12-28-54/h1-47,64H. The third-order valence-corrected chi connectivity index (χ3v) is 16.7. The van der Waals surface area contributed by atoms with Gasteiger partial charge in [-0.05, 0) is 144 Å². The molecule has 76 heavy (non-hydrogen) atoms. The molecular weight excluding hydrogens is 917 g/mol. The Balaban J connectivity index is 0.992. The fraction of sp³-hybridized carbons (Fsp3) is 0.0270. The van der Waals surface area contributed by atoms with Crippen molar-refractivity contribution in [1.82, 2.24) is 4.57 Å². The third-order valence-electron chi connectivity index (χ3n) is 16.7. The quantitative estimate of drug-likeness (QED) is 0.155. The van der Waals surface area contributed by atoms with Crippen molar-refractivity contribution in [2.24, 2.45) is 5.92 Å². The summed E-state index contributed by atoms with van der Waals surface area (Å²) in [4.78, 5) is 2.57. The summed E-state index contributed by atoms with van der Waals surface area (Å²) in [7, 11) is 0. The van der Waals surface area contributed by atoms with Gasteiger partial charge in [-0.3, -0.25) is 0 Å². The van der Waals surface area contributed by atoms with Gasteiger partial charge in [0.1, 0.15) is 0 Å². The van der Waals surface area contributed by atoms with E-state index in [1.165, 1.54) is 122 Å². The number of aromatic nitrogens is 1. The lowest BCUT2D eigenvalue weighted by atomic mass is 9.67. The minimum Gasteiger partial charge on any atom is -0.309 e. The lowest BCUT2D eigenvalue weighted by Gasteiger charge is -2.36. The maximum Gasteiger partial charge on any atom is 0.0714 e. The summed E-state index contributed by atoms with van der Waals surface area (Å²) in [6.07, 6.45) is 4.89. The van der Waals surface area contributed by atoms with Crippen LogP contribution in [0.2, 0.25) is 0 Å². The van der Waals surface area contributed by atoms with Gasteiger partial charge >= 0.3 is 0 Å². The second kappa shape index (κ2) is 16.6. The Kier molecular flexibility index (Phi) is 9.35. The molecule has 0 radical (unpaired) electrons. The van der Waals surface area contributed by atoms with Crippen molar-refractivity contribution in [3.63, 3.8) is 0 Å². The van der Waals surface area contributed by atoms with Gasteiger partial charge in [0.15, 0.2) is 0 Å². The summed E-state index contributed by atoms with van der Waals surface area (Å²) in [5, 5.41) is 3.84. The molecule has 11 aromatic carbocycles. The van der Waals surface area contributed by atoms with Crippen LogP contribution in [0.15, 0.2) is 285 Å². The zero-order valence-corrected chi connectivity index (χ0v) is 41.6. The number of para-hydroxylation sites is 3. The second-order valence-corrected chi connectivity index (χ2v) is 20.7. The van der Waals surface area contributed by atoms with E-state index in [1.807, 2.05) is 0 Å². The second-order valence-electron chi connectivity index (χ2n) is 20.7. The van der Waals surface area contributed by atoms with Crippen LogP contribution >= 0.6 is 0 Å². The largest absolute Gasteiger partial charge is 0.309 e. The molecule has 2 heterocycles. The van der Waals surface area contributed by atoms with E-state index in [9.17, 15) is 0 Å². The van der Waals surface area contributed by atoms with Crippen LogP contribution in [0.1, 0.15) is 27.8 Å². The molecule has 0 N–H and O–H groups in total. The fourth-order valence-electron chi connectivity index (χ4n) is 13.4. The molecule has 3 aliphatic carbocycles. The van der Waals surface area contributed by atoms with E-state index in [-0.39, 0.29) is 5.92 Å². The number of nitrogens with zero attached hydrogens (tertiary/aromatic N) is 2. The van der Waals surface area contributed by atoms with Gasteiger partial charge in [0.05, 0.1) is 27.7 Å². The molecule has 0 fully saturated rings. The average Bonchev–Trinajstić information content (AvgIpc) is 4.16. The summed E-state index contributed by atoms with van der Waals surface area (Å²) >= 11 is 0. The number of anilines is 3. The maximum atomic E-state index is 2.57. The van der Waals surface area contributed by atoms with Gasteiger partial charge in [0, 0.05) is 39.0 Å². The molecule has 12 aromatic rings. The number of rotatable bonds is 7. The zero-order chi connectivity index (χ0) is 49.9. The lowest BCUT2D eigenvalue weighted by molar-refractivity contribution is 0.768. The Morgan fingerprint density at radius 3 is 1.68 bits per heavy atom. The minimum absolute atomic E-state index is 0.234. The lowest BCUT2D eigenvalue weighted by Crippen LogP contribution is -2.34. The van der Waals surface area contributed by atoms with Crippen LogP contribution in [0.25, 0.3) is 83.9 Å². The van der Waals surface area contributed by atoms with Crippen molar-refractivity contribution in [1.29, 1.82) is 0 Å². The highest BCUT2D eigenvalue weighted by Crippen LogP contribution is 2.59. The Morgan fingerprint density at radius 1 is 0.342 bits per heavy atom. The smallest absolute Gasteiger partial charge is 0.0714 e. The van der Waals surface area contributed by atoms with Crippen LogP contribution in [0.4, 0.5) is 17.1 Å². The number of hydrogen-bond acceptors (Lipinski definition) is 1. The molecule has 2 bridgehead atoms. The van der Waals surface area contributed by atoms with Crippen LogP contribution in [-0.2, 0) is 5.41 Å². The Hall–Kier alpha value is -9.76. The molecule has 2 nitrogen and oxygen atoms in total. The van der Waals surface area contributed by atoms with Gasteiger partial charge in [0.25, 0.3) is 0 Å². The normalized spacial score (nSPS) is 14.9. The van der Waals surface area contributed by atoms with Gasteiger partial charge in [-0.25, -0.2) is 0 Å². The molecule has 0 saturated carbocycles. The van der Waals surface area contributed by atoms with E-state index in [0.29, 0.717) is 0 Å². The number of benzene rings is 11. The molecule has 2 heteroatoms. The first-order valence-electron chi connectivity index (χ1n) is 26.5. The summed E-state index contributed by atoms with van der Waals surface area (Å²) in [6, 6.07) is 102. The van der Waals surface area contributed by atoms with Crippen LogP contribution in [0.5, 0.6) is 0 Å². The monoisotopic (exact) mass is 964 g/mol. The molecule has 4 aliphatic rings. The van der Waals surface area contributed by atoms with Gasteiger partial charge < -0.3 is 9.47 Å². The Bertz CT molecular complexity index is 4470. The predicted molar refractivity (Wildman–Crippen MR) is 315 cm³/mol. The Labute approximate surface area is 442 Å². The van der Waals surface area contributed by atoms with E-state index in [2.05, 4.69) is 295 Å². The van der Waals surface area contributed by atoms with E-state index < -0.39 is 5.41 Å². The van der Waals surface area contributed by atoms with E-state index in [0.717, 1.165) is 17.1 Å². The first-order chi connectivity index (χ1) is 37.7. The third kappa shape index (κ3) is 6.22. The Morgan fingerprint density at radius 2 is 0.908 bits per heavy atom. The van der Waals surface area contributed by atoms with Gasteiger partial charge in [-0.2, -0.15) is 0 Å². The summed E-state index contributed by atoms with van der Waals surface area (Å²) in [6.45, 7) is 0. The number of allylic oxidation sites excluding steroid dienone is 2. The molecule has 1 aromatic heterocycles. The predicted octanol–water partition coefficient (Wildman–Crippen LogP) is 17.0. The molecule has 1 unspecified atom stereocenters. The van der Waals surface area contributed by atoms with Crippen molar-refractivity contribution in [2.75, 3.05) is 4.90 Å². The summed E-state index contributed by atoms with van der Waals surface area (Å²) in [5.74, 6) is 0.234. The maximum absolute atomic E-state index is 2.57. The highest BCUT2D eigenvalue weighted by atomic mass is 15.1. The number of fused-ring (bicyclic) bond motifs is 13. The van der Waals surface area contributed by atoms with Gasteiger partial charge in [0.2, 0.25) is 0 Å². The van der Waals surface area contributed by atoms with Crippen molar-refractivity contribution < 1.29 is 0 Å². The highest BCUT2D eigenvalue weighted by Gasteiger charge is 2.46. The van der Waals surface area contributed by atoms with Gasteiger partial charge in [-0.15, -0.1) is 0 Å². The van der Waals surface area contributed by atoms with E-state index in [1.54, 1.807) is 0 Å². The molecule has 354 valence electrons. The van der Waals surface area contributed by atoms with Crippen LogP contribution < -0.4 is 15.5 Å². The fourth-order valence-corrected chi connectivity index (χ4v) is 13.4. The molecule has 1 atom stereocenters. The topological polar surface area (TPSA) is 8.17 Å². The molecular formula is C74H48N2. The first-order valence-corrected chi connectivity index (χ1v) is 26.5. The first kappa shape index (κ1) is 42.7. The molecule has 0 saturated heterocycles. The summed E-state index contributed by atoms with van der Waals surface area (Å²) < 4.78 is 2.50. The van der Waals surface area contributed by atoms with Crippen LogP contribution in [-0.4, -0.2) is 4.57 Å². The SMILES string of the molecule is C1=C2C=c3c(n(-c4ccccc4)c4ccccc34)=C(c3ccc4c(c3)-c3ccc(-c5ccccc5-c5ccccc5)c(c3)-c3ccccc3N4c3ccc4c(c3)C(c3ccccc3)(c3ccccc3)c3ccccc3-4)C12.